The van der Waals surface area contributed by atoms with Crippen LogP contribution in [0.15, 0.2) is 24.5 Å². The van der Waals surface area contributed by atoms with Gasteiger partial charge in [0.2, 0.25) is 0 Å². The zero-order chi connectivity index (χ0) is 11.4. The van der Waals surface area contributed by atoms with Crippen molar-refractivity contribution in [3.8, 4) is 0 Å². The summed E-state index contributed by atoms with van der Waals surface area (Å²) in [6.07, 6.45) is 5.38. The van der Waals surface area contributed by atoms with Gasteiger partial charge in [-0.05, 0) is 38.1 Å². The number of nitrogens with zero attached hydrogens (tertiary/aromatic N) is 2. The van der Waals surface area contributed by atoms with Crippen LogP contribution < -0.4 is 5.32 Å². The number of carbonyl (C=O) groups is 1. The summed E-state index contributed by atoms with van der Waals surface area (Å²) in [5.74, 6) is 0.0919. The number of nitrogens with one attached hydrogen (secondary N) is 1. The monoisotopic (exact) mass is 291 g/mol. The summed E-state index contributed by atoms with van der Waals surface area (Å²) in [7, 11) is 1.89. The van der Waals surface area contributed by atoms with Gasteiger partial charge in [-0.25, -0.2) is 0 Å². The second-order valence-electron chi connectivity index (χ2n) is 4.13. The van der Waals surface area contributed by atoms with Gasteiger partial charge in [0.15, 0.2) is 0 Å². The first-order chi connectivity index (χ1) is 7.79. The van der Waals surface area contributed by atoms with Gasteiger partial charge >= 0.3 is 0 Å². The van der Waals surface area contributed by atoms with E-state index >= 15 is 0 Å². The Balaban J connectivity index is 0.00000144. The third-order valence-corrected chi connectivity index (χ3v) is 3.10. The van der Waals surface area contributed by atoms with Crippen LogP contribution in [0.3, 0.4) is 0 Å². The smallest absolute Gasteiger partial charge is 0.253 e. The van der Waals surface area contributed by atoms with E-state index in [0.29, 0.717) is 6.04 Å². The van der Waals surface area contributed by atoms with Gasteiger partial charge in [0.05, 0.1) is 0 Å². The Labute approximate surface area is 120 Å². The molecule has 1 amide bonds. The van der Waals surface area contributed by atoms with Crippen LogP contribution in [-0.4, -0.2) is 42.0 Å². The van der Waals surface area contributed by atoms with Crippen LogP contribution >= 0.6 is 24.8 Å². The Bertz CT molecular complexity index is 356. The Kier molecular flexibility index (Phi) is 7.91. The van der Waals surface area contributed by atoms with Crippen molar-refractivity contribution in [1.82, 2.24) is 15.2 Å². The quantitative estimate of drug-likeness (QED) is 0.903. The van der Waals surface area contributed by atoms with E-state index < -0.39 is 0 Å². The van der Waals surface area contributed by atoms with Crippen LogP contribution in [-0.2, 0) is 0 Å². The molecule has 0 aromatic carbocycles. The molecule has 0 spiro atoms. The van der Waals surface area contributed by atoms with Crippen LogP contribution in [0.2, 0.25) is 0 Å². The molecule has 1 N–H and O–H groups in total. The van der Waals surface area contributed by atoms with Gasteiger partial charge in [-0.15, -0.1) is 24.8 Å². The zero-order valence-corrected chi connectivity index (χ0v) is 12.0. The highest BCUT2D eigenvalue weighted by Gasteiger charge is 2.22. The molecular formula is C12H19Cl2N3O. The van der Waals surface area contributed by atoms with Crippen molar-refractivity contribution in [2.24, 2.45) is 0 Å². The minimum Gasteiger partial charge on any atom is -0.339 e. The first kappa shape index (κ1) is 17.2. The number of hydrogen-bond acceptors (Lipinski definition) is 3. The van der Waals surface area contributed by atoms with Crippen molar-refractivity contribution in [3.05, 3.63) is 30.1 Å². The lowest BCUT2D eigenvalue weighted by molar-refractivity contribution is 0.0703. The molecule has 0 atom stereocenters. The van der Waals surface area contributed by atoms with E-state index in [1.165, 1.54) is 0 Å². The Morgan fingerprint density at radius 2 is 1.83 bits per heavy atom. The van der Waals surface area contributed by atoms with E-state index in [2.05, 4.69) is 10.3 Å². The van der Waals surface area contributed by atoms with Gasteiger partial charge in [-0.3, -0.25) is 9.78 Å². The molecule has 4 nitrogen and oxygen atoms in total. The number of pyridine rings is 1. The molecule has 0 radical (unpaired) electrons. The van der Waals surface area contributed by atoms with E-state index in [4.69, 9.17) is 0 Å². The van der Waals surface area contributed by atoms with E-state index in [0.717, 1.165) is 31.5 Å². The highest BCUT2D eigenvalue weighted by Crippen LogP contribution is 2.13. The lowest BCUT2D eigenvalue weighted by atomic mass is 10.0. The van der Waals surface area contributed by atoms with Crippen LogP contribution in [0.1, 0.15) is 23.2 Å². The molecule has 1 saturated heterocycles. The second kappa shape index (κ2) is 8.29. The fourth-order valence-corrected chi connectivity index (χ4v) is 2.06. The van der Waals surface area contributed by atoms with E-state index in [-0.39, 0.29) is 30.7 Å². The van der Waals surface area contributed by atoms with Crippen LogP contribution in [0.5, 0.6) is 0 Å². The summed E-state index contributed by atoms with van der Waals surface area (Å²) < 4.78 is 0. The molecule has 18 heavy (non-hydrogen) atoms. The molecule has 6 heteroatoms. The third-order valence-electron chi connectivity index (χ3n) is 3.10. The lowest BCUT2D eigenvalue weighted by Crippen LogP contribution is -2.43. The van der Waals surface area contributed by atoms with Crippen molar-refractivity contribution in [3.63, 3.8) is 0 Å². The number of aromatic nitrogens is 1. The SMILES string of the molecule is CN(C(=O)c1ccncc1)C1CCNCC1.Cl.Cl. The minimum absolute atomic E-state index is 0. The first-order valence-electron chi connectivity index (χ1n) is 5.67. The molecule has 0 aliphatic carbocycles. The second-order valence-corrected chi connectivity index (χ2v) is 4.13. The fourth-order valence-electron chi connectivity index (χ4n) is 2.06. The molecule has 2 rings (SSSR count). The van der Waals surface area contributed by atoms with Crippen LogP contribution in [0, 0.1) is 0 Å². The highest BCUT2D eigenvalue weighted by atomic mass is 35.5. The van der Waals surface area contributed by atoms with Crippen LogP contribution in [0.25, 0.3) is 0 Å². The van der Waals surface area contributed by atoms with E-state index in [1.54, 1.807) is 24.5 Å². The predicted octanol–water partition coefficient (Wildman–Crippen LogP) is 1.75. The Morgan fingerprint density at radius 1 is 1.28 bits per heavy atom. The molecule has 1 aromatic rings. The van der Waals surface area contributed by atoms with Gasteiger partial charge in [0.1, 0.15) is 0 Å². The van der Waals surface area contributed by atoms with Gasteiger partial charge in [-0.1, -0.05) is 0 Å². The van der Waals surface area contributed by atoms with Crippen molar-refractivity contribution in [2.75, 3.05) is 20.1 Å². The summed E-state index contributed by atoms with van der Waals surface area (Å²) in [5.41, 5.74) is 0.719. The lowest BCUT2D eigenvalue weighted by Gasteiger charge is -2.31. The number of piperidine rings is 1. The third kappa shape index (κ3) is 4.12. The maximum Gasteiger partial charge on any atom is 0.253 e. The normalized spacial score (nSPS) is 15.2. The van der Waals surface area contributed by atoms with Gasteiger partial charge in [-0.2, -0.15) is 0 Å². The highest BCUT2D eigenvalue weighted by molar-refractivity contribution is 5.94. The summed E-state index contributed by atoms with van der Waals surface area (Å²) in [4.78, 5) is 17.9. The molecule has 1 aliphatic heterocycles. The summed E-state index contributed by atoms with van der Waals surface area (Å²) in [6.45, 7) is 2.00. The van der Waals surface area contributed by atoms with Crippen molar-refractivity contribution < 1.29 is 4.79 Å². The number of rotatable bonds is 2. The fraction of sp³-hybridized carbons (Fsp3) is 0.500. The van der Waals surface area contributed by atoms with Crippen molar-refractivity contribution in [2.45, 2.75) is 18.9 Å². The summed E-state index contributed by atoms with van der Waals surface area (Å²) in [5, 5.41) is 3.30. The molecule has 1 aromatic heterocycles. The molecule has 0 unspecified atom stereocenters. The Morgan fingerprint density at radius 3 is 2.39 bits per heavy atom. The largest absolute Gasteiger partial charge is 0.339 e. The maximum absolute atomic E-state index is 12.1. The summed E-state index contributed by atoms with van der Waals surface area (Å²) >= 11 is 0. The first-order valence-corrected chi connectivity index (χ1v) is 5.67. The van der Waals surface area contributed by atoms with Crippen LogP contribution in [0.4, 0.5) is 0 Å². The zero-order valence-electron chi connectivity index (χ0n) is 10.3. The maximum atomic E-state index is 12.1. The van der Waals surface area contributed by atoms with E-state index in [1.807, 2.05) is 11.9 Å². The summed E-state index contributed by atoms with van der Waals surface area (Å²) in [6, 6.07) is 3.89. The average Bonchev–Trinajstić information content (AvgIpc) is 2.39. The number of hydrogen-bond donors (Lipinski definition) is 1. The standard InChI is InChI=1S/C12H17N3O.2ClH/c1-15(11-4-8-14-9-5-11)12(16)10-2-6-13-7-3-10;;/h2-3,6-7,11,14H,4-5,8-9H2,1H3;2*1H. The molecule has 0 saturated carbocycles. The predicted molar refractivity (Wildman–Crippen MR) is 76.7 cm³/mol. The molecule has 1 fully saturated rings. The molecule has 1 aliphatic rings. The van der Waals surface area contributed by atoms with Crippen molar-refractivity contribution >= 4 is 30.7 Å². The molecular weight excluding hydrogens is 273 g/mol. The van der Waals surface area contributed by atoms with Gasteiger partial charge < -0.3 is 10.2 Å². The van der Waals surface area contributed by atoms with E-state index in [9.17, 15) is 4.79 Å². The number of halogens is 2. The molecule has 2 heterocycles. The van der Waals surface area contributed by atoms with Gasteiger partial charge in [0.25, 0.3) is 5.91 Å². The van der Waals surface area contributed by atoms with Crippen molar-refractivity contribution in [1.29, 1.82) is 0 Å². The topological polar surface area (TPSA) is 45.2 Å². The number of amides is 1. The Hall–Kier alpha value is -0.840. The number of carbonyl (C=O) groups excluding carboxylic acids is 1. The minimum atomic E-state index is 0. The molecule has 0 bridgehead atoms. The van der Waals surface area contributed by atoms with Gasteiger partial charge in [0, 0.05) is 31.0 Å². The average molecular weight is 292 g/mol. The molecule has 102 valence electrons.